The Morgan fingerprint density at radius 1 is 1.02 bits per heavy atom. The van der Waals surface area contributed by atoms with Gasteiger partial charge in [-0.25, -0.2) is 18.8 Å². The fourth-order valence-electron chi connectivity index (χ4n) is 5.23. The molecular weight excluding hydrogens is 560 g/mol. The lowest BCUT2D eigenvalue weighted by atomic mass is 10.0. The van der Waals surface area contributed by atoms with Crippen LogP contribution in [0, 0.1) is 11.6 Å². The molecule has 1 aromatic heterocycles. The molecule has 2 fully saturated rings. The molecule has 0 atom stereocenters. The van der Waals surface area contributed by atoms with Gasteiger partial charge in [-0.2, -0.15) is 4.98 Å². The van der Waals surface area contributed by atoms with E-state index in [0.29, 0.717) is 11.7 Å². The van der Waals surface area contributed by atoms with E-state index in [4.69, 9.17) is 18.9 Å². The second-order valence-corrected chi connectivity index (χ2v) is 10.4. The highest BCUT2D eigenvalue weighted by molar-refractivity contribution is 5.97. The highest BCUT2D eigenvalue weighted by Gasteiger charge is 2.28. The molecule has 2 aliphatic rings. The van der Waals surface area contributed by atoms with Crippen molar-refractivity contribution in [2.45, 2.75) is 32.4 Å². The van der Waals surface area contributed by atoms with Crippen LogP contribution in [0.5, 0.6) is 17.5 Å². The van der Waals surface area contributed by atoms with Crippen LogP contribution in [-0.2, 0) is 11.3 Å². The number of rotatable bonds is 10. The van der Waals surface area contributed by atoms with E-state index >= 15 is 0 Å². The number of pyridine rings is 1. The number of nitrogens with one attached hydrogen (secondary N) is 1. The summed E-state index contributed by atoms with van der Waals surface area (Å²) in [5, 5.41) is 3.11. The Hall–Kier alpha value is -3.97. The molecule has 0 aliphatic carbocycles. The van der Waals surface area contributed by atoms with Crippen molar-refractivity contribution < 1.29 is 27.7 Å². The average Bonchev–Trinajstić information content (AvgIpc) is 3.03. The molecule has 0 radical (unpaired) electrons. The van der Waals surface area contributed by atoms with Crippen LogP contribution in [0.1, 0.15) is 25.3 Å². The van der Waals surface area contributed by atoms with Crippen molar-refractivity contribution in [2.24, 2.45) is 9.98 Å². The van der Waals surface area contributed by atoms with Gasteiger partial charge in [-0.15, -0.1) is 0 Å². The van der Waals surface area contributed by atoms with E-state index in [9.17, 15) is 8.78 Å². The predicted octanol–water partition coefficient (Wildman–Crippen LogP) is 4.15. The Kier molecular flexibility index (Phi) is 11.1. The molecule has 3 heterocycles. The van der Waals surface area contributed by atoms with Crippen molar-refractivity contribution in [3.05, 3.63) is 47.4 Å². The van der Waals surface area contributed by atoms with Crippen molar-refractivity contribution in [1.29, 1.82) is 0 Å². The fourth-order valence-corrected chi connectivity index (χ4v) is 5.23. The smallest absolute Gasteiger partial charge is 0.254 e. The van der Waals surface area contributed by atoms with Gasteiger partial charge in [-0.3, -0.25) is 4.90 Å². The molecule has 2 aromatic rings. The van der Waals surface area contributed by atoms with E-state index in [0.717, 1.165) is 63.5 Å². The van der Waals surface area contributed by atoms with Gasteiger partial charge in [0.15, 0.2) is 11.6 Å². The lowest BCUT2D eigenvalue weighted by Crippen LogP contribution is -2.52. The maximum atomic E-state index is 14.6. The zero-order valence-electron chi connectivity index (χ0n) is 25.5. The van der Waals surface area contributed by atoms with Crippen molar-refractivity contribution in [2.75, 3.05) is 77.9 Å². The number of halogens is 2. The van der Waals surface area contributed by atoms with E-state index in [-0.39, 0.29) is 17.3 Å². The summed E-state index contributed by atoms with van der Waals surface area (Å²) < 4.78 is 50.1. The summed E-state index contributed by atoms with van der Waals surface area (Å²) in [6.45, 7) is 11.2. The third-order valence-electron chi connectivity index (χ3n) is 7.75. The minimum atomic E-state index is -0.969. The van der Waals surface area contributed by atoms with Crippen LogP contribution in [0.25, 0.3) is 0 Å². The minimum Gasteiger partial charge on any atom is -0.495 e. The molecule has 4 rings (SSSR count). The normalized spacial score (nSPS) is 17.5. The number of piperidine rings is 1. The number of allylic oxidation sites excluding steroid dienone is 1. The summed E-state index contributed by atoms with van der Waals surface area (Å²) in [4.78, 5) is 19.3. The number of anilines is 2. The number of piperazine rings is 1. The fraction of sp³-hybridized carbons (Fsp3) is 0.500. The van der Waals surface area contributed by atoms with E-state index in [2.05, 4.69) is 48.8 Å². The van der Waals surface area contributed by atoms with Gasteiger partial charge in [-0.1, -0.05) is 0 Å². The Labute approximate surface area is 251 Å². The van der Waals surface area contributed by atoms with Crippen LogP contribution < -0.4 is 24.4 Å². The number of aliphatic imine (C=N–C) groups is 2. The number of ether oxygens (including phenoxy) is 4. The van der Waals surface area contributed by atoms with Crippen molar-refractivity contribution >= 4 is 24.1 Å². The summed E-state index contributed by atoms with van der Waals surface area (Å²) in [6.07, 6.45) is 3.62. The summed E-state index contributed by atoms with van der Waals surface area (Å²) >= 11 is 0. The number of aromatic nitrogens is 1. The summed E-state index contributed by atoms with van der Waals surface area (Å²) in [7, 11) is 6.30. The van der Waals surface area contributed by atoms with E-state index < -0.39 is 30.0 Å². The first-order valence-electron chi connectivity index (χ1n) is 14.2. The lowest BCUT2D eigenvalue weighted by Gasteiger charge is -2.42. The van der Waals surface area contributed by atoms with Gasteiger partial charge < -0.3 is 34.1 Å². The first-order chi connectivity index (χ1) is 20.8. The molecule has 2 saturated heterocycles. The van der Waals surface area contributed by atoms with Crippen molar-refractivity contribution in [3.8, 4) is 17.5 Å². The van der Waals surface area contributed by atoms with Crippen LogP contribution in [0.2, 0.25) is 0 Å². The number of methoxy groups -OCH3 is 3. The van der Waals surface area contributed by atoms with E-state index in [1.54, 1.807) is 14.0 Å². The highest BCUT2D eigenvalue weighted by Crippen LogP contribution is 2.34. The molecule has 2 aliphatic heterocycles. The maximum Gasteiger partial charge on any atom is 0.254 e. The Morgan fingerprint density at radius 2 is 1.67 bits per heavy atom. The SMILES string of the molecule is C=N/C(=N\C=C(/C)OCc1c(F)c(OC)nc(OC)c1F)Nc1ccc(N2CCC(N3CCN(C)CC3)CC2)c(OC)c1. The predicted molar refractivity (Wildman–Crippen MR) is 164 cm³/mol. The van der Waals surface area contributed by atoms with Crippen LogP contribution in [0.3, 0.4) is 0 Å². The Bertz CT molecular complexity index is 1300. The number of benzene rings is 1. The molecule has 0 spiro atoms. The molecule has 43 heavy (non-hydrogen) atoms. The standard InChI is InChI=1S/C30H41F2N7O4/c1-20(43-19-23-26(31)28(41-5)36-29(42-6)27(23)32)18-34-30(33-2)35-21-7-8-24(25(17-21)40-4)39-11-9-22(10-12-39)38-15-13-37(3)14-16-38/h7-8,17-18,22H,2,9-16,19H2,1,3-6H3,(H,34,35)/b20-18+. The molecule has 0 unspecified atom stereocenters. The van der Waals surface area contributed by atoms with Gasteiger partial charge in [0.25, 0.3) is 11.8 Å². The molecular formula is C30H41F2N7O4. The third-order valence-corrected chi connectivity index (χ3v) is 7.75. The van der Waals surface area contributed by atoms with E-state index in [1.165, 1.54) is 20.4 Å². The molecule has 11 nitrogen and oxygen atoms in total. The van der Waals surface area contributed by atoms with Gasteiger partial charge in [-0.05, 0) is 45.7 Å². The molecule has 1 aromatic carbocycles. The molecule has 13 heteroatoms. The number of hydrogen-bond acceptors (Lipinski definition) is 9. The molecule has 0 amide bonds. The highest BCUT2D eigenvalue weighted by atomic mass is 19.1. The van der Waals surface area contributed by atoms with Gasteiger partial charge in [0, 0.05) is 57.1 Å². The van der Waals surface area contributed by atoms with Crippen LogP contribution in [-0.4, -0.2) is 101 Å². The number of hydrogen-bond donors (Lipinski definition) is 1. The van der Waals surface area contributed by atoms with Crippen LogP contribution in [0.4, 0.5) is 20.2 Å². The zero-order chi connectivity index (χ0) is 30.9. The first-order valence-corrected chi connectivity index (χ1v) is 14.2. The van der Waals surface area contributed by atoms with Crippen LogP contribution >= 0.6 is 0 Å². The van der Waals surface area contributed by atoms with Crippen molar-refractivity contribution in [1.82, 2.24) is 14.8 Å². The van der Waals surface area contributed by atoms with Gasteiger partial charge in [0.2, 0.25) is 5.96 Å². The zero-order valence-corrected chi connectivity index (χ0v) is 25.5. The second kappa shape index (κ2) is 15.0. The summed E-state index contributed by atoms with van der Waals surface area (Å²) in [5.74, 6) is -1.49. The molecule has 1 N–H and O–H groups in total. The number of nitrogens with zero attached hydrogens (tertiary/aromatic N) is 6. The van der Waals surface area contributed by atoms with Gasteiger partial charge >= 0.3 is 0 Å². The summed E-state index contributed by atoms with van der Waals surface area (Å²) in [6, 6.07) is 6.49. The lowest BCUT2D eigenvalue weighted by molar-refractivity contribution is 0.0981. The number of guanidine groups is 1. The quantitative estimate of drug-likeness (QED) is 0.245. The second-order valence-electron chi connectivity index (χ2n) is 10.4. The summed E-state index contributed by atoms with van der Waals surface area (Å²) in [5.41, 5.74) is 1.38. The Morgan fingerprint density at radius 3 is 2.26 bits per heavy atom. The van der Waals surface area contributed by atoms with E-state index in [1.807, 2.05) is 18.2 Å². The molecule has 234 valence electrons. The Balaban J connectivity index is 1.37. The van der Waals surface area contributed by atoms with Gasteiger partial charge in [0.05, 0.1) is 38.8 Å². The molecule has 0 bridgehead atoms. The maximum absolute atomic E-state index is 14.6. The largest absolute Gasteiger partial charge is 0.495 e. The first kappa shape index (κ1) is 32.0. The topological polar surface area (TPSA) is 96.3 Å². The third kappa shape index (κ3) is 7.90. The average molecular weight is 602 g/mol. The minimum absolute atomic E-state index is 0.204. The molecule has 0 saturated carbocycles. The van der Waals surface area contributed by atoms with Gasteiger partial charge in [0.1, 0.15) is 18.1 Å². The number of likely N-dealkylation sites (N-methyl/N-ethyl adjacent to an activating group) is 1. The van der Waals surface area contributed by atoms with Crippen LogP contribution in [0.15, 0.2) is 40.1 Å². The monoisotopic (exact) mass is 601 g/mol. The van der Waals surface area contributed by atoms with Crippen molar-refractivity contribution in [3.63, 3.8) is 0 Å².